The summed E-state index contributed by atoms with van der Waals surface area (Å²) in [6.07, 6.45) is 4.20. The summed E-state index contributed by atoms with van der Waals surface area (Å²) in [5.41, 5.74) is 5.07. The minimum Gasteiger partial charge on any atom is -0.379 e. The van der Waals surface area contributed by atoms with Gasteiger partial charge in [-0.15, -0.1) is 0 Å². The van der Waals surface area contributed by atoms with Crippen LogP contribution in [0.2, 0.25) is 0 Å². The molecule has 0 saturated heterocycles. The highest BCUT2D eigenvalue weighted by Gasteiger charge is 2.18. The molecule has 1 aliphatic carbocycles. The molecule has 0 radical (unpaired) electrons. The lowest BCUT2D eigenvalue weighted by Gasteiger charge is -2.11. The molecule has 0 aromatic carbocycles. The Bertz CT molecular complexity index is 289. The van der Waals surface area contributed by atoms with Crippen molar-refractivity contribution < 1.29 is 9.59 Å². The van der Waals surface area contributed by atoms with Gasteiger partial charge >= 0.3 is 6.03 Å². The molecule has 6 nitrogen and oxygen atoms in total. The first-order chi connectivity index (χ1) is 7.58. The predicted octanol–water partition coefficient (Wildman–Crippen LogP) is 0.381. The zero-order chi connectivity index (χ0) is 12.0. The normalized spacial score (nSPS) is 15.8. The van der Waals surface area contributed by atoms with E-state index in [0.717, 1.165) is 37.4 Å². The lowest BCUT2D eigenvalue weighted by molar-refractivity contribution is -0.117. The van der Waals surface area contributed by atoms with Crippen molar-refractivity contribution in [3.8, 4) is 0 Å². The van der Waals surface area contributed by atoms with Gasteiger partial charge in [-0.2, -0.15) is 0 Å². The molecule has 3 amide bonds. The number of carbonyl (C=O) groups excluding carboxylic acids is 2. The van der Waals surface area contributed by atoms with Crippen LogP contribution in [-0.2, 0) is 4.79 Å². The van der Waals surface area contributed by atoms with E-state index in [1.165, 1.54) is 0 Å². The molecule has 0 unspecified atom stereocenters. The van der Waals surface area contributed by atoms with Gasteiger partial charge in [-0.3, -0.25) is 15.5 Å². The van der Waals surface area contributed by atoms with Crippen molar-refractivity contribution in [3.05, 3.63) is 0 Å². The summed E-state index contributed by atoms with van der Waals surface area (Å²) in [6.45, 7) is 0. The SMILES string of the molecule is N=C(N)SCC(=O)NC(=O)NC1CCCC1. The van der Waals surface area contributed by atoms with Gasteiger partial charge in [-0.25, -0.2) is 4.79 Å². The van der Waals surface area contributed by atoms with Crippen LogP contribution >= 0.6 is 11.8 Å². The first-order valence-corrected chi connectivity index (χ1v) is 6.13. The van der Waals surface area contributed by atoms with Gasteiger partial charge in [0.15, 0.2) is 5.17 Å². The number of carbonyl (C=O) groups is 2. The van der Waals surface area contributed by atoms with E-state index in [-0.39, 0.29) is 17.0 Å². The largest absolute Gasteiger partial charge is 0.379 e. The van der Waals surface area contributed by atoms with Crippen molar-refractivity contribution in [1.82, 2.24) is 10.6 Å². The number of hydrogen-bond acceptors (Lipinski definition) is 4. The third-order valence-electron chi connectivity index (χ3n) is 2.30. The second-order valence-electron chi connectivity index (χ2n) is 3.66. The number of amides is 3. The Morgan fingerprint density at radius 3 is 2.56 bits per heavy atom. The lowest BCUT2D eigenvalue weighted by atomic mass is 10.2. The Morgan fingerprint density at radius 2 is 2.00 bits per heavy atom. The van der Waals surface area contributed by atoms with Crippen LogP contribution in [0.3, 0.4) is 0 Å². The summed E-state index contributed by atoms with van der Waals surface area (Å²) < 4.78 is 0. The number of rotatable bonds is 3. The third kappa shape index (κ3) is 5.01. The van der Waals surface area contributed by atoms with Crippen LogP contribution in [0.5, 0.6) is 0 Å². The zero-order valence-electron chi connectivity index (χ0n) is 8.91. The van der Waals surface area contributed by atoms with E-state index in [4.69, 9.17) is 11.1 Å². The molecule has 1 rings (SSSR count). The van der Waals surface area contributed by atoms with Crippen LogP contribution in [0, 0.1) is 5.41 Å². The Balaban J connectivity index is 2.17. The topological polar surface area (TPSA) is 108 Å². The van der Waals surface area contributed by atoms with Crippen molar-refractivity contribution >= 4 is 28.9 Å². The fourth-order valence-electron chi connectivity index (χ4n) is 1.60. The number of imide groups is 1. The molecule has 1 fully saturated rings. The third-order valence-corrected chi connectivity index (χ3v) is 3.02. The highest BCUT2D eigenvalue weighted by atomic mass is 32.2. The molecule has 1 aliphatic rings. The molecule has 0 bridgehead atoms. The fraction of sp³-hybridized carbons (Fsp3) is 0.667. The van der Waals surface area contributed by atoms with Gasteiger partial charge in [0, 0.05) is 6.04 Å². The van der Waals surface area contributed by atoms with Gasteiger partial charge in [0.1, 0.15) is 0 Å². The summed E-state index contributed by atoms with van der Waals surface area (Å²) in [6, 6.07) is -0.269. The standard InChI is InChI=1S/C9H16N4O2S/c10-8(11)16-5-7(14)13-9(15)12-6-3-1-2-4-6/h6H,1-5H2,(H3,10,11)(H2,12,13,14,15). The number of hydrogen-bond donors (Lipinski definition) is 4. The molecule has 16 heavy (non-hydrogen) atoms. The molecule has 1 saturated carbocycles. The van der Waals surface area contributed by atoms with E-state index in [1.807, 2.05) is 0 Å². The summed E-state index contributed by atoms with van der Waals surface area (Å²) >= 11 is 0.893. The van der Waals surface area contributed by atoms with E-state index in [0.29, 0.717) is 0 Å². The van der Waals surface area contributed by atoms with E-state index in [9.17, 15) is 9.59 Å². The molecule has 5 N–H and O–H groups in total. The van der Waals surface area contributed by atoms with Crippen molar-refractivity contribution in [1.29, 1.82) is 5.41 Å². The molecular formula is C9H16N4O2S. The molecule has 0 spiro atoms. The van der Waals surface area contributed by atoms with Gasteiger partial charge < -0.3 is 11.1 Å². The van der Waals surface area contributed by atoms with Gasteiger partial charge in [0.05, 0.1) is 5.75 Å². The molecule has 7 heteroatoms. The quantitative estimate of drug-likeness (QED) is 0.425. The zero-order valence-corrected chi connectivity index (χ0v) is 9.73. The Morgan fingerprint density at radius 1 is 1.38 bits per heavy atom. The smallest absolute Gasteiger partial charge is 0.321 e. The molecule has 0 atom stereocenters. The molecule has 90 valence electrons. The molecular weight excluding hydrogens is 228 g/mol. The van der Waals surface area contributed by atoms with Gasteiger partial charge in [-0.1, -0.05) is 24.6 Å². The first-order valence-electron chi connectivity index (χ1n) is 5.15. The number of thioether (sulfide) groups is 1. The maximum Gasteiger partial charge on any atom is 0.321 e. The number of amidine groups is 1. The van der Waals surface area contributed by atoms with Crippen molar-refractivity contribution in [2.24, 2.45) is 5.73 Å². The van der Waals surface area contributed by atoms with Crippen LogP contribution in [0.4, 0.5) is 4.79 Å². The average Bonchev–Trinajstić information content (AvgIpc) is 2.67. The Hall–Kier alpha value is -1.24. The monoisotopic (exact) mass is 244 g/mol. The molecule has 0 aromatic heterocycles. The fourth-order valence-corrected chi connectivity index (χ4v) is 1.96. The predicted molar refractivity (Wildman–Crippen MR) is 63.3 cm³/mol. The van der Waals surface area contributed by atoms with Crippen LogP contribution in [0.15, 0.2) is 0 Å². The second kappa shape index (κ2) is 6.37. The maximum absolute atomic E-state index is 11.3. The minimum atomic E-state index is -0.457. The van der Waals surface area contributed by atoms with Crippen LogP contribution in [0.25, 0.3) is 0 Å². The molecule has 0 aromatic rings. The van der Waals surface area contributed by atoms with E-state index in [1.54, 1.807) is 0 Å². The summed E-state index contributed by atoms with van der Waals surface area (Å²) in [5.74, 6) is -0.441. The minimum absolute atomic E-state index is 0.00653. The van der Waals surface area contributed by atoms with Gasteiger partial charge in [0.2, 0.25) is 5.91 Å². The van der Waals surface area contributed by atoms with Gasteiger partial charge in [-0.05, 0) is 12.8 Å². The summed E-state index contributed by atoms with van der Waals surface area (Å²) in [4.78, 5) is 22.5. The number of urea groups is 1. The van der Waals surface area contributed by atoms with E-state index in [2.05, 4.69) is 10.6 Å². The van der Waals surface area contributed by atoms with Gasteiger partial charge in [0.25, 0.3) is 0 Å². The molecule has 0 heterocycles. The van der Waals surface area contributed by atoms with Crippen LogP contribution in [-0.4, -0.2) is 28.9 Å². The average molecular weight is 244 g/mol. The van der Waals surface area contributed by atoms with E-state index < -0.39 is 11.9 Å². The number of nitrogens with two attached hydrogens (primary N) is 1. The Kier molecular flexibility index (Phi) is 5.10. The Labute approximate surface area is 98.2 Å². The first kappa shape index (κ1) is 12.8. The van der Waals surface area contributed by atoms with Crippen molar-refractivity contribution in [2.75, 3.05) is 5.75 Å². The highest BCUT2D eigenvalue weighted by molar-refractivity contribution is 8.14. The van der Waals surface area contributed by atoms with E-state index >= 15 is 0 Å². The summed E-state index contributed by atoms with van der Waals surface area (Å²) in [5, 5.41) is 11.7. The summed E-state index contributed by atoms with van der Waals surface area (Å²) in [7, 11) is 0. The molecule has 0 aliphatic heterocycles. The van der Waals surface area contributed by atoms with Crippen molar-refractivity contribution in [2.45, 2.75) is 31.7 Å². The van der Waals surface area contributed by atoms with Crippen molar-refractivity contribution in [3.63, 3.8) is 0 Å². The maximum atomic E-state index is 11.3. The lowest BCUT2D eigenvalue weighted by Crippen LogP contribution is -2.44. The second-order valence-corrected chi connectivity index (χ2v) is 4.67. The number of nitrogens with one attached hydrogen (secondary N) is 3. The van der Waals surface area contributed by atoms with Crippen LogP contribution in [0.1, 0.15) is 25.7 Å². The highest BCUT2D eigenvalue weighted by Crippen LogP contribution is 2.17. The van der Waals surface area contributed by atoms with Crippen LogP contribution < -0.4 is 16.4 Å².